The molecule has 6 nitrogen and oxygen atoms in total. The highest BCUT2D eigenvalue weighted by atomic mass is 127. The predicted molar refractivity (Wildman–Crippen MR) is 131 cm³/mol. The van der Waals surface area contributed by atoms with Crippen LogP contribution in [0.25, 0.3) is 0 Å². The van der Waals surface area contributed by atoms with Crippen molar-refractivity contribution >= 4 is 41.5 Å². The van der Waals surface area contributed by atoms with E-state index in [9.17, 15) is 0 Å². The molecule has 0 unspecified atom stereocenters. The van der Waals surface area contributed by atoms with E-state index in [2.05, 4.69) is 41.8 Å². The van der Waals surface area contributed by atoms with Gasteiger partial charge < -0.3 is 14.8 Å². The number of halogens is 2. The fourth-order valence-corrected chi connectivity index (χ4v) is 3.67. The SMILES string of the molecule is CN=C(NCCCCn1ccnc1C)N1CCN(Cc2ccc(Cl)cc2)CC1.I. The Morgan fingerprint density at radius 3 is 2.48 bits per heavy atom. The molecule has 0 radical (unpaired) electrons. The zero-order chi connectivity index (χ0) is 19.8. The van der Waals surface area contributed by atoms with Crippen molar-refractivity contribution in [3.05, 3.63) is 53.1 Å². The molecule has 0 amide bonds. The molecule has 1 saturated heterocycles. The molecule has 29 heavy (non-hydrogen) atoms. The number of aromatic nitrogens is 2. The van der Waals surface area contributed by atoms with E-state index in [0.717, 1.165) is 75.5 Å². The van der Waals surface area contributed by atoms with E-state index in [1.54, 1.807) is 0 Å². The lowest BCUT2D eigenvalue weighted by Gasteiger charge is -2.36. The number of piperazine rings is 1. The van der Waals surface area contributed by atoms with Gasteiger partial charge >= 0.3 is 0 Å². The summed E-state index contributed by atoms with van der Waals surface area (Å²) in [5.74, 6) is 2.10. The van der Waals surface area contributed by atoms with Gasteiger partial charge in [0.25, 0.3) is 0 Å². The van der Waals surface area contributed by atoms with Crippen LogP contribution in [-0.2, 0) is 13.1 Å². The molecule has 3 rings (SSSR count). The average Bonchev–Trinajstić information content (AvgIpc) is 3.12. The van der Waals surface area contributed by atoms with E-state index >= 15 is 0 Å². The number of unbranched alkanes of at least 4 members (excludes halogenated alkanes) is 1. The highest BCUT2D eigenvalue weighted by Crippen LogP contribution is 2.13. The zero-order valence-electron chi connectivity index (χ0n) is 17.4. The molecule has 1 aromatic heterocycles. The second-order valence-electron chi connectivity index (χ2n) is 7.24. The summed E-state index contributed by atoms with van der Waals surface area (Å²) < 4.78 is 2.20. The number of aliphatic imine (C=N–C) groups is 1. The zero-order valence-corrected chi connectivity index (χ0v) is 20.4. The van der Waals surface area contributed by atoms with Gasteiger partial charge in [-0.25, -0.2) is 4.98 Å². The monoisotopic (exact) mass is 530 g/mol. The first-order valence-corrected chi connectivity index (χ1v) is 10.4. The van der Waals surface area contributed by atoms with Gasteiger partial charge in [-0.05, 0) is 37.5 Å². The van der Waals surface area contributed by atoms with Crippen molar-refractivity contribution in [2.24, 2.45) is 4.99 Å². The highest BCUT2D eigenvalue weighted by Gasteiger charge is 2.19. The van der Waals surface area contributed by atoms with Crippen LogP contribution in [0.2, 0.25) is 5.02 Å². The Labute approximate surface area is 196 Å². The number of nitrogens with one attached hydrogen (secondary N) is 1. The third-order valence-corrected chi connectivity index (χ3v) is 5.49. The smallest absolute Gasteiger partial charge is 0.193 e. The Kier molecular flexibility index (Phi) is 10.2. The van der Waals surface area contributed by atoms with Gasteiger partial charge in [-0.3, -0.25) is 9.89 Å². The molecule has 1 N–H and O–H groups in total. The van der Waals surface area contributed by atoms with Crippen LogP contribution >= 0.6 is 35.6 Å². The first kappa shape index (κ1) is 24.0. The molecule has 1 fully saturated rings. The normalized spacial score (nSPS) is 15.3. The molecule has 8 heteroatoms. The van der Waals surface area contributed by atoms with Crippen molar-refractivity contribution in [1.29, 1.82) is 0 Å². The molecule has 0 atom stereocenters. The van der Waals surface area contributed by atoms with Gasteiger partial charge in [0, 0.05) is 70.3 Å². The summed E-state index contributed by atoms with van der Waals surface area (Å²) in [7, 11) is 1.87. The molecular weight excluding hydrogens is 499 g/mol. The van der Waals surface area contributed by atoms with E-state index < -0.39 is 0 Å². The molecule has 0 saturated carbocycles. The van der Waals surface area contributed by atoms with E-state index in [1.165, 1.54) is 5.56 Å². The quantitative estimate of drug-likeness (QED) is 0.257. The van der Waals surface area contributed by atoms with Crippen molar-refractivity contribution in [3.8, 4) is 0 Å². The number of rotatable bonds is 7. The molecule has 0 aliphatic carbocycles. The first-order chi connectivity index (χ1) is 13.7. The summed E-state index contributed by atoms with van der Waals surface area (Å²) in [4.78, 5) is 13.6. The topological polar surface area (TPSA) is 48.7 Å². The van der Waals surface area contributed by atoms with E-state index in [-0.39, 0.29) is 24.0 Å². The van der Waals surface area contributed by atoms with Crippen LogP contribution in [0.3, 0.4) is 0 Å². The average molecular weight is 531 g/mol. The fourth-order valence-electron chi connectivity index (χ4n) is 3.55. The minimum atomic E-state index is 0. The van der Waals surface area contributed by atoms with E-state index in [1.807, 2.05) is 38.5 Å². The van der Waals surface area contributed by atoms with Gasteiger partial charge in [-0.15, -0.1) is 24.0 Å². The molecule has 2 aromatic rings. The van der Waals surface area contributed by atoms with E-state index in [4.69, 9.17) is 11.6 Å². The Morgan fingerprint density at radius 2 is 1.86 bits per heavy atom. The number of imidazole rings is 1. The first-order valence-electron chi connectivity index (χ1n) is 10.1. The second kappa shape index (κ2) is 12.4. The summed E-state index contributed by atoms with van der Waals surface area (Å²) >= 11 is 5.97. The van der Waals surface area contributed by atoms with Gasteiger partial charge in [0.05, 0.1) is 0 Å². The van der Waals surface area contributed by atoms with Crippen molar-refractivity contribution < 1.29 is 0 Å². The Morgan fingerprint density at radius 1 is 1.14 bits per heavy atom. The number of nitrogens with zero attached hydrogens (tertiary/aromatic N) is 5. The third kappa shape index (κ3) is 7.46. The Bertz CT molecular complexity index is 753. The predicted octanol–water partition coefficient (Wildman–Crippen LogP) is 3.64. The molecule has 1 aliphatic heterocycles. The second-order valence-corrected chi connectivity index (χ2v) is 7.68. The Balaban J connectivity index is 0.00000300. The number of hydrogen-bond donors (Lipinski definition) is 1. The van der Waals surface area contributed by atoms with Crippen molar-refractivity contribution in [3.63, 3.8) is 0 Å². The lowest BCUT2D eigenvalue weighted by Crippen LogP contribution is -2.52. The summed E-state index contributed by atoms with van der Waals surface area (Å²) in [5.41, 5.74) is 1.31. The van der Waals surface area contributed by atoms with Crippen LogP contribution in [-0.4, -0.2) is 65.1 Å². The summed E-state index contributed by atoms with van der Waals surface area (Å²) in [6, 6.07) is 8.15. The van der Waals surface area contributed by atoms with Gasteiger partial charge in [-0.2, -0.15) is 0 Å². The number of aryl methyl sites for hydroxylation is 2. The highest BCUT2D eigenvalue weighted by molar-refractivity contribution is 14.0. The third-order valence-electron chi connectivity index (χ3n) is 5.24. The fraction of sp³-hybridized carbons (Fsp3) is 0.524. The number of benzene rings is 1. The maximum absolute atomic E-state index is 5.97. The molecule has 160 valence electrons. The standard InChI is InChI=1S/C21H31ClN6.HI/c1-18-24-10-12-27(18)11-4-3-9-25-21(23-2)28-15-13-26(14-16-28)17-19-5-7-20(22)8-6-19;/h5-8,10,12H,3-4,9,11,13-17H2,1-2H3,(H,23,25);1H. The van der Waals surface area contributed by atoms with Crippen LogP contribution in [0.1, 0.15) is 24.2 Å². The van der Waals surface area contributed by atoms with Crippen LogP contribution in [0, 0.1) is 6.92 Å². The Hall–Kier alpha value is -1.32. The molecule has 2 heterocycles. The molecular formula is C21H32ClIN6. The van der Waals surface area contributed by atoms with Gasteiger partial charge in [0.15, 0.2) is 5.96 Å². The summed E-state index contributed by atoms with van der Waals surface area (Å²) in [6.07, 6.45) is 6.16. The maximum Gasteiger partial charge on any atom is 0.193 e. The van der Waals surface area contributed by atoms with Crippen LogP contribution < -0.4 is 5.32 Å². The maximum atomic E-state index is 5.97. The van der Waals surface area contributed by atoms with Crippen LogP contribution in [0.5, 0.6) is 0 Å². The van der Waals surface area contributed by atoms with Crippen molar-refractivity contribution in [2.75, 3.05) is 39.8 Å². The molecule has 0 spiro atoms. The van der Waals surface area contributed by atoms with Crippen molar-refractivity contribution in [1.82, 2.24) is 24.7 Å². The van der Waals surface area contributed by atoms with Crippen LogP contribution in [0.15, 0.2) is 41.7 Å². The lowest BCUT2D eigenvalue weighted by molar-refractivity contribution is 0.172. The minimum absolute atomic E-state index is 0. The largest absolute Gasteiger partial charge is 0.356 e. The number of guanidine groups is 1. The van der Waals surface area contributed by atoms with E-state index in [0.29, 0.717) is 0 Å². The van der Waals surface area contributed by atoms with Crippen LogP contribution in [0.4, 0.5) is 0 Å². The number of hydrogen-bond acceptors (Lipinski definition) is 3. The lowest BCUT2D eigenvalue weighted by atomic mass is 10.2. The van der Waals surface area contributed by atoms with Gasteiger partial charge in [-0.1, -0.05) is 23.7 Å². The molecule has 1 aromatic carbocycles. The summed E-state index contributed by atoms with van der Waals surface area (Å²) in [5, 5.41) is 4.32. The molecule has 1 aliphatic rings. The van der Waals surface area contributed by atoms with Gasteiger partial charge in [0.1, 0.15) is 5.82 Å². The minimum Gasteiger partial charge on any atom is -0.356 e. The summed E-state index contributed by atoms with van der Waals surface area (Å²) in [6.45, 7) is 9.09. The van der Waals surface area contributed by atoms with Gasteiger partial charge in [0.2, 0.25) is 0 Å². The van der Waals surface area contributed by atoms with Crippen molar-refractivity contribution in [2.45, 2.75) is 32.9 Å². The molecule has 0 bridgehead atoms.